The fourth-order valence-corrected chi connectivity index (χ4v) is 6.30. The molecule has 0 bridgehead atoms. The summed E-state index contributed by atoms with van der Waals surface area (Å²) in [6, 6.07) is 12.8. The second kappa shape index (κ2) is 11.6. The number of thioether (sulfide) groups is 1. The molecule has 13 heteroatoms. The fraction of sp³-hybridized carbons (Fsp3) is 0.125. The van der Waals surface area contributed by atoms with Crippen LogP contribution in [0.3, 0.4) is 0 Å². The van der Waals surface area contributed by atoms with Crippen molar-refractivity contribution in [3.8, 4) is 5.75 Å². The minimum atomic E-state index is -0.651. The van der Waals surface area contributed by atoms with E-state index in [0.29, 0.717) is 16.9 Å². The topological polar surface area (TPSA) is 129 Å². The van der Waals surface area contributed by atoms with Gasteiger partial charge in [-0.2, -0.15) is 0 Å². The Kier molecular flexibility index (Phi) is 8.53. The monoisotopic (exact) mass is 746 g/mol. The van der Waals surface area contributed by atoms with Gasteiger partial charge in [0, 0.05) is 12.1 Å². The van der Waals surface area contributed by atoms with E-state index >= 15 is 0 Å². The Balaban J connectivity index is 1.47. The zero-order valence-corrected chi connectivity index (χ0v) is 24.1. The average Bonchev–Trinajstić information content (AvgIpc) is 3.43. The van der Waals surface area contributed by atoms with Crippen LogP contribution in [0, 0.1) is 17.3 Å². The van der Waals surface area contributed by atoms with E-state index in [9.17, 15) is 24.5 Å². The summed E-state index contributed by atoms with van der Waals surface area (Å²) in [6.45, 7) is 0.0366. The number of imide groups is 1. The molecule has 0 saturated carbocycles. The highest BCUT2D eigenvalue weighted by Crippen LogP contribution is 2.36. The molecule has 2 heterocycles. The van der Waals surface area contributed by atoms with Crippen LogP contribution >= 0.6 is 56.9 Å². The number of ether oxygens (including phenoxy) is 2. The van der Waals surface area contributed by atoms with E-state index in [4.69, 9.17) is 9.15 Å². The first-order valence-electron chi connectivity index (χ1n) is 10.4. The van der Waals surface area contributed by atoms with Crippen molar-refractivity contribution >= 4 is 85.8 Å². The predicted molar refractivity (Wildman–Crippen MR) is 151 cm³/mol. The Hall–Kier alpha value is -2.92. The molecule has 10 nitrogen and oxygen atoms in total. The van der Waals surface area contributed by atoms with Gasteiger partial charge in [-0.05, 0) is 98.4 Å². The van der Waals surface area contributed by atoms with Crippen LogP contribution < -0.4 is 4.74 Å². The van der Waals surface area contributed by atoms with E-state index < -0.39 is 22.0 Å². The summed E-state index contributed by atoms with van der Waals surface area (Å²) in [4.78, 5) is 48.8. The van der Waals surface area contributed by atoms with Crippen LogP contribution in [0.2, 0.25) is 0 Å². The molecule has 0 unspecified atom stereocenters. The predicted octanol–water partition coefficient (Wildman–Crippen LogP) is 6.00. The van der Waals surface area contributed by atoms with Crippen LogP contribution in [-0.4, -0.2) is 34.0 Å². The number of hydrogen-bond acceptors (Lipinski definition) is 9. The first-order valence-corrected chi connectivity index (χ1v) is 13.4. The number of furan rings is 1. The Bertz CT molecular complexity index is 1430. The molecule has 0 atom stereocenters. The number of halogens is 2. The third-order valence-electron chi connectivity index (χ3n) is 5.06. The highest BCUT2D eigenvalue weighted by molar-refractivity contribution is 14.1. The summed E-state index contributed by atoms with van der Waals surface area (Å²) < 4.78 is 17.4. The zero-order valence-electron chi connectivity index (χ0n) is 18.9. The van der Waals surface area contributed by atoms with Gasteiger partial charge in [0.1, 0.15) is 18.1 Å². The minimum absolute atomic E-state index is 0.00857. The molecule has 2 amide bonds. The van der Waals surface area contributed by atoms with Crippen LogP contribution in [0.4, 0.5) is 10.5 Å². The Labute approximate surface area is 241 Å². The van der Waals surface area contributed by atoms with Crippen LogP contribution in [0.1, 0.15) is 27.4 Å². The summed E-state index contributed by atoms with van der Waals surface area (Å²) in [7, 11) is 1.23. The summed E-state index contributed by atoms with van der Waals surface area (Å²) in [5.41, 5.74) is 1.35. The third-order valence-corrected chi connectivity index (χ3v) is 7.57. The number of hydrogen-bond donors (Lipinski definition) is 0. The molecule has 1 aliphatic heterocycles. The van der Waals surface area contributed by atoms with Crippen molar-refractivity contribution in [3.63, 3.8) is 0 Å². The lowest BCUT2D eigenvalue weighted by Gasteiger charge is -2.12. The van der Waals surface area contributed by atoms with Gasteiger partial charge in [-0.3, -0.25) is 24.6 Å². The maximum Gasteiger partial charge on any atom is 0.373 e. The van der Waals surface area contributed by atoms with Gasteiger partial charge in [0.2, 0.25) is 5.76 Å². The van der Waals surface area contributed by atoms with Gasteiger partial charge >= 0.3 is 5.97 Å². The van der Waals surface area contributed by atoms with Gasteiger partial charge in [-0.1, -0.05) is 12.1 Å². The molecule has 4 rings (SSSR count). The van der Waals surface area contributed by atoms with Crippen molar-refractivity contribution in [3.05, 3.63) is 93.3 Å². The largest absolute Gasteiger partial charge is 0.487 e. The molecule has 1 aromatic heterocycles. The van der Waals surface area contributed by atoms with Gasteiger partial charge in [-0.15, -0.1) is 0 Å². The number of rotatable bonds is 8. The lowest BCUT2D eigenvalue weighted by atomic mass is 10.2. The first kappa shape index (κ1) is 27.1. The standard InChI is InChI=1S/C24H16I2N2O8S/c1-34-23(30)19-6-5-16(36-19)11-27-22(29)20(37-24(27)31)10-14-8-17(25)21(18(26)9-14)35-12-13-3-2-4-15(7-13)28(32)33/h2-10H,11-12H2,1H3/b20-10+. The van der Waals surface area contributed by atoms with E-state index in [-0.39, 0.29) is 35.3 Å². The van der Waals surface area contributed by atoms with Crippen molar-refractivity contribution < 1.29 is 33.2 Å². The van der Waals surface area contributed by atoms with Gasteiger partial charge in [0.15, 0.2) is 0 Å². The second-order valence-electron chi connectivity index (χ2n) is 7.55. The highest BCUT2D eigenvalue weighted by Gasteiger charge is 2.36. The highest BCUT2D eigenvalue weighted by atomic mass is 127. The lowest BCUT2D eigenvalue weighted by molar-refractivity contribution is -0.384. The molecule has 37 heavy (non-hydrogen) atoms. The molecule has 0 radical (unpaired) electrons. The Morgan fingerprint density at radius 1 is 1.16 bits per heavy atom. The first-order chi connectivity index (χ1) is 17.7. The van der Waals surface area contributed by atoms with Crippen molar-refractivity contribution in [2.75, 3.05) is 7.11 Å². The third kappa shape index (κ3) is 6.32. The SMILES string of the molecule is COC(=O)c1ccc(CN2C(=O)S/C(=C/c3cc(I)c(OCc4cccc([N+](=O)[O-])c4)c(I)c3)C2=O)o1. The van der Waals surface area contributed by atoms with E-state index in [1.807, 2.05) is 12.1 Å². The smallest absolute Gasteiger partial charge is 0.373 e. The van der Waals surface area contributed by atoms with Gasteiger partial charge in [-0.25, -0.2) is 4.79 Å². The number of nitro groups is 1. The number of nitrogens with zero attached hydrogens (tertiary/aromatic N) is 2. The number of carbonyl (C=O) groups is 3. The number of non-ortho nitro benzene ring substituents is 1. The van der Waals surface area contributed by atoms with E-state index in [1.165, 1.54) is 31.4 Å². The van der Waals surface area contributed by atoms with Crippen molar-refractivity contribution in [2.45, 2.75) is 13.2 Å². The van der Waals surface area contributed by atoms with Crippen LogP contribution in [0.25, 0.3) is 6.08 Å². The van der Waals surface area contributed by atoms with Crippen LogP contribution in [0.5, 0.6) is 5.75 Å². The molecule has 2 aromatic carbocycles. The second-order valence-corrected chi connectivity index (χ2v) is 10.9. The summed E-state index contributed by atoms with van der Waals surface area (Å²) >= 11 is 5.04. The fourth-order valence-electron chi connectivity index (χ4n) is 3.33. The summed E-state index contributed by atoms with van der Waals surface area (Å²) in [5, 5.41) is 10.5. The number of nitro benzene ring substituents is 1. The number of benzene rings is 2. The Morgan fingerprint density at radius 3 is 2.57 bits per heavy atom. The van der Waals surface area contributed by atoms with Crippen molar-refractivity contribution in [2.24, 2.45) is 0 Å². The van der Waals surface area contributed by atoms with E-state index in [0.717, 1.165) is 23.8 Å². The maximum atomic E-state index is 12.9. The summed E-state index contributed by atoms with van der Waals surface area (Å²) in [5.74, 6) is -0.253. The van der Waals surface area contributed by atoms with E-state index in [2.05, 4.69) is 49.9 Å². The molecule has 1 fully saturated rings. The average molecular weight is 746 g/mol. The number of esters is 1. The van der Waals surface area contributed by atoms with Crippen molar-refractivity contribution in [1.82, 2.24) is 4.90 Å². The number of carbonyl (C=O) groups excluding carboxylic acids is 3. The number of amides is 2. The quantitative estimate of drug-likeness (QED) is 0.0897. The van der Waals surface area contributed by atoms with Gasteiger partial charge < -0.3 is 13.9 Å². The zero-order chi connectivity index (χ0) is 26.7. The molecule has 0 aliphatic carbocycles. The molecule has 1 saturated heterocycles. The molecular formula is C24H16I2N2O8S. The normalized spacial score (nSPS) is 14.4. The van der Waals surface area contributed by atoms with E-state index in [1.54, 1.807) is 18.2 Å². The molecular weight excluding hydrogens is 730 g/mol. The maximum absolute atomic E-state index is 12.9. The molecule has 0 spiro atoms. The van der Waals surface area contributed by atoms with Crippen molar-refractivity contribution in [1.29, 1.82) is 0 Å². The molecule has 190 valence electrons. The molecule has 0 N–H and O–H groups in total. The van der Waals surface area contributed by atoms with Gasteiger partial charge in [0.25, 0.3) is 16.8 Å². The lowest BCUT2D eigenvalue weighted by Crippen LogP contribution is -2.27. The number of methoxy groups -OCH3 is 1. The minimum Gasteiger partial charge on any atom is -0.487 e. The van der Waals surface area contributed by atoms with Crippen LogP contribution in [-0.2, 0) is 22.7 Å². The Morgan fingerprint density at radius 2 is 1.89 bits per heavy atom. The van der Waals surface area contributed by atoms with Crippen LogP contribution in [0.15, 0.2) is 57.9 Å². The molecule has 1 aliphatic rings. The molecule has 3 aromatic rings. The summed E-state index contributed by atoms with van der Waals surface area (Å²) in [6.07, 6.45) is 1.63. The van der Waals surface area contributed by atoms with Gasteiger partial charge in [0.05, 0.1) is 30.6 Å².